The van der Waals surface area contributed by atoms with Gasteiger partial charge in [-0.15, -0.1) is 0 Å². The Balaban J connectivity index is 1.47. The number of nitrogens with one attached hydrogen (secondary N) is 1. The average Bonchev–Trinajstić information content (AvgIpc) is 3.16. The van der Waals surface area contributed by atoms with Crippen molar-refractivity contribution in [1.29, 1.82) is 0 Å². The van der Waals surface area contributed by atoms with Gasteiger partial charge in [-0.2, -0.15) is 0 Å². The number of carbonyl (C=O) groups is 1. The van der Waals surface area contributed by atoms with Crippen molar-refractivity contribution in [3.63, 3.8) is 0 Å². The van der Waals surface area contributed by atoms with Crippen LogP contribution in [0.5, 0.6) is 5.88 Å². The van der Waals surface area contributed by atoms with Gasteiger partial charge in [-0.25, -0.2) is 15.0 Å². The summed E-state index contributed by atoms with van der Waals surface area (Å²) in [5, 5.41) is 2.89. The van der Waals surface area contributed by atoms with E-state index in [1.165, 1.54) is 0 Å². The Labute approximate surface area is 156 Å². The SMILES string of the molecule is COc1cc(CNC(=O)c2cnc3c(c2)ncn3C2CCOCC2)ccn1. The number of imidazole rings is 1. The first kappa shape index (κ1) is 17.4. The molecule has 0 aromatic carbocycles. The molecule has 1 N–H and O–H groups in total. The number of ether oxygens (including phenoxy) is 2. The van der Waals surface area contributed by atoms with Gasteiger partial charge in [0.05, 0.1) is 19.0 Å². The number of fused-ring (bicyclic) bond motifs is 1. The first-order valence-corrected chi connectivity index (χ1v) is 8.92. The van der Waals surface area contributed by atoms with Gasteiger partial charge in [-0.05, 0) is 30.5 Å². The number of hydrogen-bond donors (Lipinski definition) is 1. The fourth-order valence-electron chi connectivity index (χ4n) is 3.23. The standard InChI is InChI=1S/C19H21N5O3/c1-26-17-8-13(2-5-20-17)10-22-19(25)14-9-16-18(21-11-14)24(12-23-16)15-3-6-27-7-4-15/h2,5,8-9,11-12,15H,3-4,6-7,10H2,1H3,(H,22,25). The molecule has 27 heavy (non-hydrogen) atoms. The Morgan fingerprint density at radius 2 is 2.15 bits per heavy atom. The predicted molar refractivity (Wildman–Crippen MR) is 98.6 cm³/mol. The number of aromatic nitrogens is 4. The van der Waals surface area contributed by atoms with Gasteiger partial charge >= 0.3 is 0 Å². The lowest BCUT2D eigenvalue weighted by Crippen LogP contribution is -2.23. The molecule has 0 radical (unpaired) electrons. The number of carbonyl (C=O) groups excluding carboxylic acids is 1. The molecule has 0 saturated carbocycles. The maximum Gasteiger partial charge on any atom is 0.253 e. The van der Waals surface area contributed by atoms with Gasteiger partial charge in [-0.3, -0.25) is 4.79 Å². The fourth-order valence-corrected chi connectivity index (χ4v) is 3.23. The summed E-state index contributed by atoms with van der Waals surface area (Å²) in [5.41, 5.74) is 2.92. The molecule has 140 valence electrons. The van der Waals surface area contributed by atoms with Gasteiger partial charge in [-0.1, -0.05) is 0 Å². The van der Waals surface area contributed by atoms with Crippen LogP contribution in [-0.2, 0) is 11.3 Å². The number of methoxy groups -OCH3 is 1. The molecule has 1 amide bonds. The third kappa shape index (κ3) is 3.75. The topological polar surface area (TPSA) is 91.2 Å². The smallest absolute Gasteiger partial charge is 0.253 e. The van der Waals surface area contributed by atoms with Crippen molar-refractivity contribution in [2.75, 3.05) is 20.3 Å². The highest BCUT2D eigenvalue weighted by Gasteiger charge is 2.19. The van der Waals surface area contributed by atoms with Crippen LogP contribution in [0.1, 0.15) is 34.8 Å². The molecule has 0 unspecified atom stereocenters. The van der Waals surface area contributed by atoms with Crippen LogP contribution in [0.4, 0.5) is 0 Å². The summed E-state index contributed by atoms with van der Waals surface area (Å²) in [7, 11) is 1.56. The lowest BCUT2D eigenvalue weighted by atomic mass is 10.1. The molecule has 1 aliphatic rings. The summed E-state index contributed by atoms with van der Waals surface area (Å²) in [5.74, 6) is 0.323. The number of pyridine rings is 2. The average molecular weight is 367 g/mol. The summed E-state index contributed by atoms with van der Waals surface area (Å²) in [6.07, 6.45) is 6.95. The van der Waals surface area contributed by atoms with Crippen molar-refractivity contribution in [3.8, 4) is 5.88 Å². The van der Waals surface area contributed by atoms with Gasteiger partial charge in [0.15, 0.2) is 5.65 Å². The third-order valence-corrected chi connectivity index (χ3v) is 4.72. The fraction of sp³-hybridized carbons (Fsp3) is 0.368. The third-order valence-electron chi connectivity index (χ3n) is 4.72. The number of nitrogens with zero attached hydrogens (tertiary/aromatic N) is 4. The quantitative estimate of drug-likeness (QED) is 0.743. The summed E-state index contributed by atoms with van der Waals surface area (Å²) < 4.78 is 12.6. The second-order valence-corrected chi connectivity index (χ2v) is 6.45. The van der Waals surface area contributed by atoms with E-state index in [9.17, 15) is 4.79 Å². The zero-order chi connectivity index (χ0) is 18.6. The van der Waals surface area contributed by atoms with Gasteiger partial charge in [0.2, 0.25) is 5.88 Å². The zero-order valence-electron chi connectivity index (χ0n) is 15.1. The maximum absolute atomic E-state index is 12.5. The zero-order valence-corrected chi connectivity index (χ0v) is 15.1. The molecule has 0 spiro atoms. The minimum absolute atomic E-state index is 0.194. The molecule has 1 aliphatic heterocycles. The van der Waals surface area contributed by atoms with Crippen molar-refractivity contribution in [2.45, 2.75) is 25.4 Å². The van der Waals surface area contributed by atoms with Crippen LogP contribution >= 0.6 is 0 Å². The number of amides is 1. The Kier molecular flexibility index (Phi) is 4.97. The highest BCUT2D eigenvalue weighted by molar-refractivity contribution is 5.96. The summed E-state index contributed by atoms with van der Waals surface area (Å²) in [6.45, 7) is 1.89. The molecule has 0 atom stereocenters. The molecule has 4 heterocycles. The second kappa shape index (κ2) is 7.71. The van der Waals surface area contributed by atoms with E-state index in [0.29, 0.717) is 24.0 Å². The summed E-state index contributed by atoms with van der Waals surface area (Å²) in [4.78, 5) is 25.5. The van der Waals surface area contributed by atoms with Crippen LogP contribution in [-0.4, -0.2) is 45.7 Å². The van der Waals surface area contributed by atoms with Crippen LogP contribution in [0.2, 0.25) is 0 Å². The van der Waals surface area contributed by atoms with E-state index < -0.39 is 0 Å². The first-order chi connectivity index (χ1) is 13.2. The van der Waals surface area contributed by atoms with E-state index in [-0.39, 0.29) is 5.91 Å². The molecule has 1 saturated heterocycles. The molecular formula is C19H21N5O3. The Morgan fingerprint density at radius 3 is 2.96 bits per heavy atom. The van der Waals surface area contributed by atoms with E-state index in [1.807, 2.05) is 6.07 Å². The second-order valence-electron chi connectivity index (χ2n) is 6.45. The largest absolute Gasteiger partial charge is 0.481 e. The molecule has 3 aromatic rings. The van der Waals surface area contributed by atoms with Crippen LogP contribution < -0.4 is 10.1 Å². The molecule has 4 rings (SSSR count). The summed E-state index contributed by atoms with van der Waals surface area (Å²) in [6, 6.07) is 5.75. The van der Waals surface area contributed by atoms with E-state index >= 15 is 0 Å². The van der Waals surface area contributed by atoms with Crippen molar-refractivity contribution in [1.82, 2.24) is 24.8 Å². The summed E-state index contributed by atoms with van der Waals surface area (Å²) >= 11 is 0. The predicted octanol–water partition coefficient (Wildman–Crippen LogP) is 2.12. The highest BCUT2D eigenvalue weighted by atomic mass is 16.5. The van der Waals surface area contributed by atoms with Gasteiger partial charge in [0.1, 0.15) is 5.52 Å². The lowest BCUT2D eigenvalue weighted by Gasteiger charge is -2.23. The van der Waals surface area contributed by atoms with E-state index in [0.717, 1.165) is 42.8 Å². The number of rotatable bonds is 5. The Hall–Kier alpha value is -3.00. The van der Waals surface area contributed by atoms with Crippen molar-refractivity contribution in [2.24, 2.45) is 0 Å². The van der Waals surface area contributed by atoms with Crippen LogP contribution in [0.3, 0.4) is 0 Å². The highest BCUT2D eigenvalue weighted by Crippen LogP contribution is 2.24. The van der Waals surface area contributed by atoms with Gasteiger partial charge in [0, 0.05) is 44.3 Å². The van der Waals surface area contributed by atoms with Gasteiger partial charge in [0.25, 0.3) is 5.91 Å². The van der Waals surface area contributed by atoms with Crippen LogP contribution in [0, 0.1) is 0 Å². The van der Waals surface area contributed by atoms with Crippen molar-refractivity contribution < 1.29 is 14.3 Å². The van der Waals surface area contributed by atoms with E-state index in [1.54, 1.807) is 38.0 Å². The van der Waals surface area contributed by atoms with E-state index in [4.69, 9.17) is 9.47 Å². The molecule has 8 nitrogen and oxygen atoms in total. The van der Waals surface area contributed by atoms with Gasteiger partial charge < -0.3 is 19.4 Å². The molecular weight excluding hydrogens is 346 g/mol. The monoisotopic (exact) mass is 367 g/mol. The maximum atomic E-state index is 12.5. The minimum atomic E-state index is -0.194. The van der Waals surface area contributed by atoms with Crippen LogP contribution in [0.15, 0.2) is 36.9 Å². The molecule has 3 aromatic heterocycles. The van der Waals surface area contributed by atoms with Crippen LogP contribution in [0.25, 0.3) is 11.2 Å². The normalized spacial score (nSPS) is 15.0. The van der Waals surface area contributed by atoms with Crippen molar-refractivity contribution >= 4 is 17.1 Å². The lowest BCUT2D eigenvalue weighted by molar-refractivity contribution is 0.0704. The molecule has 0 aliphatic carbocycles. The van der Waals surface area contributed by atoms with E-state index in [2.05, 4.69) is 24.8 Å². The first-order valence-electron chi connectivity index (χ1n) is 8.92. The molecule has 8 heteroatoms. The van der Waals surface area contributed by atoms with Crippen molar-refractivity contribution in [3.05, 3.63) is 48.0 Å². The Bertz CT molecular complexity index is 949. The molecule has 1 fully saturated rings. The molecule has 0 bridgehead atoms. The Morgan fingerprint density at radius 1 is 1.30 bits per heavy atom. The number of hydrogen-bond acceptors (Lipinski definition) is 6. The minimum Gasteiger partial charge on any atom is -0.481 e.